The lowest BCUT2D eigenvalue weighted by molar-refractivity contribution is 0.0815. The highest BCUT2D eigenvalue weighted by Gasteiger charge is 2.43. The van der Waals surface area contributed by atoms with Crippen LogP contribution < -0.4 is 14.4 Å². The first-order chi connectivity index (χ1) is 21.2. The Morgan fingerprint density at radius 2 is 2.02 bits per heavy atom. The quantitative estimate of drug-likeness (QED) is 0.447. The molecule has 1 saturated heterocycles. The van der Waals surface area contributed by atoms with E-state index in [9.17, 15) is 13.2 Å². The van der Waals surface area contributed by atoms with Crippen LogP contribution in [0.2, 0.25) is 5.02 Å². The van der Waals surface area contributed by atoms with E-state index in [4.69, 9.17) is 25.8 Å². The summed E-state index contributed by atoms with van der Waals surface area (Å²) in [4.78, 5) is 16.9. The molecule has 11 heteroatoms. The summed E-state index contributed by atoms with van der Waals surface area (Å²) in [5.74, 6) is 0.847. The topological polar surface area (TPSA) is 97.4 Å². The number of amides is 2. The summed E-state index contributed by atoms with van der Waals surface area (Å²) in [5, 5.41) is 0.727. The van der Waals surface area contributed by atoms with Gasteiger partial charge in [0.1, 0.15) is 5.75 Å². The standard InChI is InChI=1S/C33H38ClN3O6S/c1-41-30-5-3-15-42-25-12-14-36(19-25)32(38)35-44(39,40)26-8-11-31-29(17-26)37(18-23-6-9-27(23)30)20-33(21-43-31)13-2-4-22-16-24(34)7-10-28(22)33/h3,5,7-11,16-17,23,25,30H,2,4,6,12-15,18-21H2,1H3,(H,35,38)/b5-3+/t23-,25?,30-,33-/m0/s1. The Bertz CT molecular complexity index is 1630. The van der Waals surface area contributed by atoms with Crippen molar-refractivity contribution < 1.29 is 27.4 Å². The van der Waals surface area contributed by atoms with Gasteiger partial charge >= 0.3 is 6.03 Å². The lowest BCUT2D eigenvalue weighted by Gasteiger charge is -2.43. The summed E-state index contributed by atoms with van der Waals surface area (Å²) >= 11 is 6.41. The first-order valence-electron chi connectivity index (χ1n) is 15.4. The number of benzene rings is 2. The number of nitrogens with one attached hydrogen (secondary N) is 1. The number of carbonyl (C=O) groups excluding carboxylic acids is 1. The molecule has 3 heterocycles. The maximum atomic E-state index is 13.6. The second kappa shape index (κ2) is 11.7. The van der Waals surface area contributed by atoms with Crippen molar-refractivity contribution in [3.8, 4) is 5.75 Å². The summed E-state index contributed by atoms with van der Waals surface area (Å²) in [6.07, 6.45) is 10.4. The first kappa shape index (κ1) is 29.6. The lowest BCUT2D eigenvalue weighted by atomic mass is 9.70. The molecule has 0 aromatic heterocycles. The molecular weight excluding hydrogens is 602 g/mol. The average Bonchev–Trinajstić information content (AvgIpc) is 3.41. The number of carbonyl (C=O) groups is 1. The number of aryl methyl sites for hydroxylation is 1. The molecule has 44 heavy (non-hydrogen) atoms. The first-order valence-corrected chi connectivity index (χ1v) is 17.2. The molecule has 5 aliphatic rings. The molecule has 1 N–H and O–H groups in total. The number of sulfonamides is 1. The summed E-state index contributed by atoms with van der Waals surface area (Å²) in [6.45, 7) is 2.94. The van der Waals surface area contributed by atoms with Crippen LogP contribution in [0.25, 0.3) is 0 Å². The van der Waals surface area contributed by atoms with E-state index in [1.807, 2.05) is 18.2 Å². The zero-order valence-corrected chi connectivity index (χ0v) is 26.4. The molecule has 1 unspecified atom stereocenters. The van der Waals surface area contributed by atoms with E-state index in [2.05, 4.69) is 27.8 Å². The van der Waals surface area contributed by atoms with Crippen molar-refractivity contribution in [1.29, 1.82) is 0 Å². The molecule has 2 amide bonds. The molecule has 9 nitrogen and oxygen atoms in total. The van der Waals surface area contributed by atoms with E-state index in [0.717, 1.165) is 30.7 Å². The van der Waals surface area contributed by atoms with Gasteiger partial charge in [0, 0.05) is 49.6 Å². The number of ether oxygens (including phenoxy) is 3. The van der Waals surface area contributed by atoms with Gasteiger partial charge < -0.3 is 24.0 Å². The Morgan fingerprint density at radius 3 is 2.84 bits per heavy atom. The Kier molecular flexibility index (Phi) is 7.89. The van der Waals surface area contributed by atoms with Gasteiger partial charge in [-0.15, -0.1) is 0 Å². The predicted molar refractivity (Wildman–Crippen MR) is 168 cm³/mol. The highest BCUT2D eigenvalue weighted by Crippen LogP contribution is 2.46. The van der Waals surface area contributed by atoms with Crippen molar-refractivity contribution in [3.05, 3.63) is 76.3 Å². The van der Waals surface area contributed by atoms with Crippen LogP contribution in [0, 0.1) is 5.92 Å². The number of anilines is 1. The third-order valence-electron chi connectivity index (χ3n) is 9.84. The van der Waals surface area contributed by atoms with Crippen molar-refractivity contribution in [2.24, 2.45) is 5.92 Å². The zero-order valence-electron chi connectivity index (χ0n) is 24.8. The fourth-order valence-electron chi connectivity index (χ4n) is 7.46. The summed E-state index contributed by atoms with van der Waals surface area (Å²) in [6, 6.07) is 10.4. The Morgan fingerprint density at radius 1 is 1.14 bits per heavy atom. The van der Waals surface area contributed by atoms with Crippen LogP contribution >= 0.6 is 11.6 Å². The van der Waals surface area contributed by atoms with Crippen molar-refractivity contribution in [3.63, 3.8) is 0 Å². The van der Waals surface area contributed by atoms with Crippen molar-refractivity contribution in [2.75, 3.05) is 51.4 Å². The van der Waals surface area contributed by atoms with Gasteiger partial charge in [-0.3, -0.25) is 0 Å². The van der Waals surface area contributed by atoms with E-state index in [-0.39, 0.29) is 28.4 Å². The number of urea groups is 1. The molecule has 4 atom stereocenters. The van der Waals surface area contributed by atoms with Gasteiger partial charge in [-0.05, 0) is 79.1 Å². The highest BCUT2D eigenvalue weighted by molar-refractivity contribution is 7.90. The number of hydrogen-bond donors (Lipinski definition) is 1. The van der Waals surface area contributed by atoms with Crippen LogP contribution in [0.3, 0.4) is 0 Å². The fourth-order valence-corrected chi connectivity index (χ4v) is 8.65. The van der Waals surface area contributed by atoms with Gasteiger partial charge in [0.2, 0.25) is 0 Å². The minimum absolute atomic E-state index is 0.0279. The second-order valence-electron chi connectivity index (χ2n) is 12.6. The van der Waals surface area contributed by atoms with Crippen molar-refractivity contribution in [2.45, 2.75) is 54.6 Å². The number of rotatable bonds is 1. The molecule has 1 spiro atoms. The van der Waals surface area contributed by atoms with Gasteiger partial charge in [0.15, 0.2) is 0 Å². The number of allylic oxidation sites excluding steroid dienone is 1. The molecular formula is C33H38ClN3O6S. The maximum Gasteiger partial charge on any atom is 0.331 e. The SMILES string of the molecule is CO[C@H]1/C=C/COC2CCN(C2)C(=O)NS(=O)(=O)c2ccc3c(c2)N(C[C@@H]2CC=C21)C[C@@]1(CCCc2cc(Cl)ccc21)CO3. The van der Waals surface area contributed by atoms with Gasteiger partial charge in [-0.25, -0.2) is 17.9 Å². The zero-order chi connectivity index (χ0) is 30.5. The Hall–Kier alpha value is -3.05. The largest absolute Gasteiger partial charge is 0.490 e. The van der Waals surface area contributed by atoms with Crippen LogP contribution in [0.1, 0.15) is 36.8 Å². The number of hydrogen-bond acceptors (Lipinski definition) is 7. The van der Waals surface area contributed by atoms with Crippen LogP contribution in [0.15, 0.2) is 65.1 Å². The van der Waals surface area contributed by atoms with Gasteiger partial charge in [-0.2, -0.15) is 0 Å². The number of methoxy groups -OCH3 is 1. The molecule has 0 saturated carbocycles. The molecule has 2 aromatic rings. The number of halogens is 1. The average molecular weight is 640 g/mol. The molecule has 1 fully saturated rings. The predicted octanol–water partition coefficient (Wildman–Crippen LogP) is 4.83. The normalized spacial score (nSPS) is 30.4. The van der Waals surface area contributed by atoms with Crippen LogP contribution in [0.4, 0.5) is 10.5 Å². The monoisotopic (exact) mass is 639 g/mol. The van der Waals surface area contributed by atoms with E-state index in [1.54, 1.807) is 19.2 Å². The van der Waals surface area contributed by atoms with Crippen molar-refractivity contribution in [1.82, 2.24) is 9.62 Å². The molecule has 2 aliphatic carbocycles. The van der Waals surface area contributed by atoms with E-state index >= 15 is 0 Å². The summed E-state index contributed by atoms with van der Waals surface area (Å²) in [5.41, 5.74) is 4.12. The van der Waals surface area contributed by atoms with Gasteiger partial charge in [-0.1, -0.05) is 35.9 Å². The van der Waals surface area contributed by atoms with Gasteiger partial charge in [0.05, 0.1) is 36.0 Å². The van der Waals surface area contributed by atoms with Gasteiger partial charge in [0.25, 0.3) is 10.0 Å². The Labute approximate surface area is 263 Å². The molecule has 0 radical (unpaired) electrons. The molecule has 234 valence electrons. The molecule has 3 aliphatic heterocycles. The smallest absolute Gasteiger partial charge is 0.331 e. The summed E-state index contributed by atoms with van der Waals surface area (Å²) in [7, 11) is -2.42. The lowest BCUT2D eigenvalue weighted by Crippen LogP contribution is -2.47. The van der Waals surface area contributed by atoms with E-state index in [0.29, 0.717) is 57.3 Å². The van der Waals surface area contributed by atoms with Crippen molar-refractivity contribution >= 4 is 33.3 Å². The molecule has 2 aromatic carbocycles. The van der Waals surface area contributed by atoms with Crippen LogP contribution in [-0.4, -0.2) is 78.1 Å². The third-order valence-corrected chi connectivity index (χ3v) is 11.4. The Balaban J connectivity index is 1.29. The van der Waals surface area contributed by atoms with E-state index in [1.165, 1.54) is 27.7 Å². The maximum absolute atomic E-state index is 13.6. The van der Waals surface area contributed by atoms with Crippen LogP contribution in [0.5, 0.6) is 5.75 Å². The highest BCUT2D eigenvalue weighted by atomic mass is 35.5. The van der Waals surface area contributed by atoms with Crippen LogP contribution in [-0.2, 0) is 31.3 Å². The van der Waals surface area contributed by atoms with E-state index < -0.39 is 16.1 Å². The number of nitrogens with zero attached hydrogens (tertiary/aromatic N) is 2. The fraction of sp³-hybridized carbons (Fsp3) is 0.485. The second-order valence-corrected chi connectivity index (χ2v) is 14.7. The molecule has 4 bridgehead atoms. The minimum atomic E-state index is -4.14. The summed E-state index contributed by atoms with van der Waals surface area (Å²) < 4.78 is 47.9. The number of fused-ring (bicyclic) bond motifs is 6. The molecule has 7 rings (SSSR count). The minimum Gasteiger partial charge on any atom is -0.490 e. The third kappa shape index (κ3) is 5.50.